The number of anilines is 2. The Morgan fingerprint density at radius 2 is 2.08 bits per heavy atom. The van der Waals surface area contributed by atoms with Gasteiger partial charge in [0.15, 0.2) is 5.13 Å². The SMILES string of the molecule is Cc1csc(N2CCCN(C(=O)Nc3cccc(C(C)C)c3)CC2)n1. The Morgan fingerprint density at radius 1 is 1.24 bits per heavy atom. The Kier molecular flexibility index (Phi) is 5.58. The van der Waals surface area contributed by atoms with Gasteiger partial charge in [0.2, 0.25) is 0 Å². The second-order valence-electron chi connectivity index (χ2n) is 6.81. The minimum absolute atomic E-state index is 0.0157. The number of thiazole rings is 1. The van der Waals surface area contributed by atoms with Crippen LogP contribution in [0.15, 0.2) is 29.6 Å². The average Bonchev–Trinajstić information content (AvgIpc) is 2.87. The van der Waals surface area contributed by atoms with E-state index < -0.39 is 0 Å². The van der Waals surface area contributed by atoms with Crippen molar-refractivity contribution in [1.29, 1.82) is 0 Å². The first kappa shape index (κ1) is 17.7. The van der Waals surface area contributed by atoms with Crippen LogP contribution in [0.3, 0.4) is 0 Å². The van der Waals surface area contributed by atoms with Crippen molar-refractivity contribution in [3.8, 4) is 0 Å². The summed E-state index contributed by atoms with van der Waals surface area (Å²) in [5.41, 5.74) is 3.16. The predicted molar refractivity (Wildman–Crippen MR) is 105 cm³/mol. The molecule has 1 N–H and O–H groups in total. The first-order valence-corrected chi connectivity index (χ1v) is 9.74. The lowest BCUT2D eigenvalue weighted by Crippen LogP contribution is -2.38. The highest BCUT2D eigenvalue weighted by Crippen LogP contribution is 2.22. The van der Waals surface area contributed by atoms with Crippen LogP contribution < -0.4 is 10.2 Å². The van der Waals surface area contributed by atoms with Gasteiger partial charge in [0.25, 0.3) is 0 Å². The van der Waals surface area contributed by atoms with E-state index in [0.29, 0.717) is 12.5 Å². The van der Waals surface area contributed by atoms with E-state index in [9.17, 15) is 4.79 Å². The molecule has 0 unspecified atom stereocenters. The maximum absolute atomic E-state index is 12.6. The number of aryl methyl sites for hydroxylation is 1. The van der Waals surface area contributed by atoms with E-state index in [-0.39, 0.29) is 6.03 Å². The van der Waals surface area contributed by atoms with Crippen molar-refractivity contribution < 1.29 is 4.79 Å². The molecule has 0 saturated carbocycles. The maximum Gasteiger partial charge on any atom is 0.321 e. The van der Waals surface area contributed by atoms with E-state index in [4.69, 9.17) is 0 Å². The van der Waals surface area contributed by atoms with Gasteiger partial charge in [-0.2, -0.15) is 0 Å². The highest BCUT2D eigenvalue weighted by Gasteiger charge is 2.20. The van der Waals surface area contributed by atoms with Crippen molar-refractivity contribution in [1.82, 2.24) is 9.88 Å². The number of nitrogens with one attached hydrogen (secondary N) is 1. The van der Waals surface area contributed by atoms with Crippen LogP contribution >= 0.6 is 11.3 Å². The van der Waals surface area contributed by atoms with Gasteiger partial charge in [0.05, 0.1) is 5.69 Å². The monoisotopic (exact) mass is 358 g/mol. The quantitative estimate of drug-likeness (QED) is 0.889. The van der Waals surface area contributed by atoms with Gasteiger partial charge in [0.1, 0.15) is 0 Å². The fraction of sp³-hybridized carbons (Fsp3) is 0.474. The second-order valence-corrected chi connectivity index (χ2v) is 7.65. The zero-order valence-electron chi connectivity index (χ0n) is 15.2. The van der Waals surface area contributed by atoms with Gasteiger partial charge >= 0.3 is 6.03 Å². The van der Waals surface area contributed by atoms with Gasteiger partial charge in [-0.1, -0.05) is 26.0 Å². The van der Waals surface area contributed by atoms with Crippen LogP contribution in [0.1, 0.15) is 37.4 Å². The lowest BCUT2D eigenvalue weighted by Gasteiger charge is -2.22. The fourth-order valence-electron chi connectivity index (χ4n) is 2.98. The first-order chi connectivity index (χ1) is 12.0. The van der Waals surface area contributed by atoms with Crippen LogP contribution in [0, 0.1) is 6.92 Å². The molecule has 1 aliphatic rings. The fourth-order valence-corrected chi connectivity index (χ4v) is 3.83. The molecule has 0 aliphatic carbocycles. The molecule has 1 aromatic carbocycles. The van der Waals surface area contributed by atoms with Gasteiger partial charge in [-0.25, -0.2) is 9.78 Å². The van der Waals surface area contributed by atoms with Gasteiger partial charge in [0, 0.05) is 37.2 Å². The van der Waals surface area contributed by atoms with Gasteiger partial charge in [-0.15, -0.1) is 11.3 Å². The van der Waals surface area contributed by atoms with Crippen molar-refractivity contribution in [2.75, 3.05) is 36.4 Å². The molecule has 1 saturated heterocycles. The third kappa shape index (κ3) is 4.51. The molecule has 0 radical (unpaired) electrons. The Bertz CT molecular complexity index is 728. The van der Waals surface area contributed by atoms with Crippen LogP contribution in [0.5, 0.6) is 0 Å². The van der Waals surface area contributed by atoms with Crippen molar-refractivity contribution in [3.63, 3.8) is 0 Å². The summed E-state index contributed by atoms with van der Waals surface area (Å²) in [5, 5.41) is 6.18. The van der Waals surface area contributed by atoms with E-state index >= 15 is 0 Å². The molecule has 2 amide bonds. The van der Waals surface area contributed by atoms with Crippen molar-refractivity contribution >= 4 is 28.2 Å². The average molecular weight is 359 g/mol. The summed E-state index contributed by atoms with van der Waals surface area (Å²) in [6.45, 7) is 9.59. The third-order valence-corrected chi connectivity index (χ3v) is 5.48. The highest BCUT2D eigenvalue weighted by molar-refractivity contribution is 7.13. The number of rotatable bonds is 3. The smallest absolute Gasteiger partial charge is 0.321 e. The minimum Gasteiger partial charge on any atom is -0.346 e. The number of carbonyl (C=O) groups is 1. The number of benzene rings is 1. The largest absolute Gasteiger partial charge is 0.346 e. The maximum atomic E-state index is 12.6. The van der Waals surface area contributed by atoms with Crippen LogP contribution in [0.2, 0.25) is 0 Å². The first-order valence-electron chi connectivity index (χ1n) is 8.86. The Labute approximate surface area is 153 Å². The zero-order chi connectivity index (χ0) is 17.8. The molecule has 0 atom stereocenters. The Morgan fingerprint density at radius 3 is 2.80 bits per heavy atom. The Hall–Kier alpha value is -2.08. The number of aromatic nitrogens is 1. The molecule has 1 aromatic heterocycles. The summed E-state index contributed by atoms with van der Waals surface area (Å²) in [7, 11) is 0. The molecule has 1 fully saturated rings. The van der Waals surface area contributed by atoms with Gasteiger partial charge in [-0.3, -0.25) is 0 Å². The lowest BCUT2D eigenvalue weighted by atomic mass is 10.0. The van der Waals surface area contributed by atoms with Crippen LogP contribution in [0.4, 0.5) is 15.6 Å². The summed E-state index contributed by atoms with van der Waals surface area (Å²) in [5.74, 6) is 0.449. The summed E-state index contributed by atoms with van der Waals surface area (Å²) in [6.07, 6.45) is 0.956. The molecule has 6 heteroatoms. The van der Waals surface area contributed by atoms with E-state index in [1.54, 1.807) is 11.3 Å². The Balaban J connectivity index is 1.60. The van der Waals surface area contributed by atoms with Crippen molar-refractivity contribution in [2.24, 2.45) is 0 Å². The number of urea groups is 1. The molecule has 25 heavy (non-hydrogen) atoms. The summed E-state index contributed by atoms with van der Waals surface area (Å²) in [4.78, 5) is 21.4. The molecule has 0 bridgehead atoms. The van der Waals surface area contributed by atoms with Crippen LogP contribution in [0.25, 0.3) is 0 Å². The van der Waals surface area contributed by atoms with E-state index in [1.165, 1.54) is 5.56 Å². The third-order valence-electron chi connectivity index (χ3n) is 4.47. The minimum atomic E-state index is -0.0157. The van der Waals surface area contributed by atoms with Gasteiger partial charge < -0.3 is 15.1 Å². The molecular weight excluding hydrogens is 332 g/mol. The summed E-state index contributed by atoms with van der Waals surface area (Å²) >= 11 is 1.68. The standard InChI is InChI=1S/C19H26N4OS/c1-14(2)16-6-4-7-17(12-16)21-18(24)22-8-5-9-23(11-10-22)19-20-15(3)13-25-19/h4,6-7,12-14H,5,8-11H2,1-3H3,(H,21,24). The van der Waals surface area contributed by atoms with E-state index in [2.05, 4.69) is 46.6 Å². The van der Waals surface area contributed by atoms with Crippen LogP contribution in [-0.2, 0) is 0 Å². The van der Waals surface area contributed by atoms with Gasteiger partial charge in [-0.05, 0) is 37.0 Å². The number of hydrogen-bond acceptors (Lipinski definition) is 4. The van der Waals surface area contributed by atoms with Crippen LogP contribution in [-0.4, -0.2) is 42.1 Å². The highest BCUT2D eigenvalue weighted by atomic mass is 32.1. The number of amides is 2. The normalized spacial score (nSPS) is 15.4. The molecule has 2 aromatic rings. The number of carbonyl (C=O) groups excluding carboxylic acids is 1. The predicted octanol–water partition coefficient (Wildman–Crippen LogP) is 4.32. The molecular formula is C19H26N4OS. The summed E-state index contributed by atoms with van der Waals surface area (Å²) < 4.78 is 0. The molecule has 1 aliphatic heterocycles. The van der Waals surface area contributed by atoms with Crippen molar-refractivity contribution in [2.45, 2.75) is 33.1 Å². The number of nitrogens with zero attached hydrogens (tertiary/aromatic N) is 3. The second kappa shape index (κ2) is 7.87. The molecule has 0 spiro atoms. The van der Waals surface area contributed by atoms with E-state index in [0.717, 1.165) is 42.6 Å². The van der Waals surface area contributed by atoms with E-state index in [1.807, 2.05) is 24.0 Å². The lowest BCUT2D eigenvalue weighted by molar-refractivity contribution is 0.215. The molecule has 134 valence electrons. The molecule has 5 nitrogen and oxygen atoms in total. The zero-order valence-corrected chi connectivity index (χ0v) is 16.0. The molecule has 2 heterocycles. The van der Waals surface area contributed by atoms with Crippen molar-refractivity contribution in [3.05, 3.63) is 40.9 Å². The summed E-state index contributed by atoms with van der Waals surface area (Å²) in [6, 6.07) is 8.09. The number of hydrogen-bond donors (Lipinski definition) is 1. The topological polar surface area (TPSA) is 48.5 Å². The molecule has 3 rings (SSSR count).